The van der Waals surface area contributed by atoms with Gasteiger partial charge in [-0.1, -0.05) is 40.0 Å². The predicted octanol–water partition coefficient (Wildman–Crippen LogP) is 3.00. The summed E-state index contributed by atoms with van der Waals surface area (Å²) in [6, 6.07) is -0.160. The fourth-order valence-electron chi connectivity index (χ4n) is 2.06. The molecule has 0 aliphatic carbocycles. The first-order chi connectivity index (χ1) is 9.36. The highest BCUT2D eigenvalue weighted by Crippen LogP contribution is 2.08. The standard InChI is InChI=1S/C15H30N2O3/c1-5-7-13(14(18)19)10-16-15(20)17-12(4)9-6-8-11(2)3/h11-13H,5-10H2,1-4H3,(H,18,19)(H2,16,17,20). The van der Waals surface area contributed by atoms with Crippen LogP contribution in [-0.2, 0) is 4.79 Å². The van der Waals surface area contributed by atoms with Crippen molar-refractivity contribution in [1.82, 2.24) is 10.6 Å². The zero-order valence-electron chi connectivity index (χ0n) is 13.2. The summed E-state index contributed by atoms with van der Waals surface area (Å²) in [5.41, 5.74) is 0. The summed E-state index contributed by atoms with van der Waals surface area (Å²) in [6.45, 7) is 8.47. The molecule has 5 heteroatoms. The van der Waals surface area contributed by atoms with Crippen molar-refractivity contribution in [2.24, 2.45) is 11.8 Å². The quantitative estimate of drug-likeness (QED) is 0.577. The van der Waals surface area contributed by atoms with Gasteiger partial charge in [-0.15, -0.1) is 0 Å². The first-order valence-electron chi connectivity index (χ1n) is 7.63. The average molecular weight is 286 g/mol. The molecule has 3 N–H and O–H groups in total. The van der Waals surface area contributed by atoms with E-state index < -0.39 is 11.9 Å². The summed E-state index contributed by atoms with van der Waals surface area (Å²) in [6.07, 6.45) is 4.58. The van der Waals surface area contributed by atoms with Gasteiger partial charge in [0.05, 0.1) is 5.92 Å². The molecule has 0 bridgehead atoms. The van der Waals surface area contributed by atoms with Gasteiger partial charge in [0, 0.05) is 12.6 Å². The number of hydrogen-bond donors (Lipinski definition) is 3. The second-order valence-electron chi connectivity index (χ2n) is 5.90. The van der Waals surface area contributed by atoms with E-state index >= 15 is 0 Å². The van der Waals surface area contributed by atoms with Crippen LogP contribution in [0.4, 0.5) is 4.79 Å². The number of carbonyl (C=O) groups excluding carboxylic acids is 1. The van der Waals surface area contributed by atoms with Crippen LogP contribution in [0.2, 0.25) is 0 Å². The van der Waals surface area contributed by atoms with E-state index in [1.165, 1.54) is 0 Å². The van der Waals surface area contributed by atoms with Crippen LogP contribution >= 0.6 is 0 Å². The maximum absolute atomic E-state index is 11.7. The van der Waals surface area contributed by atoms with E-state index in [4.69, 9.17) is 5.11 Å². The summed E-state index contributed by atoms with van der Waals surface area (Å²) in [4.78, 5) is 22.6. The maximum atomic E-state index is 11.7. The number of carboxylic acids is 1. The van der Waals surface area contributed by atoms with E-state index in [1.807, 2.05) is 13.8 Å². The third kappa shape index (κ3) is 9.64. The van der Waals surface area contributed by atoms with Gasteiger partial charge in [0.1, 0.15) is 0 Å². The highest BCUT2D eigenvalue weighted by molar-refractivity contribution is 5.76. The van der Waals surface area contributed by atoms with Gasteiger partial charge in [-0.25, -0.2) is 4.79 Å². The number of aliphatic carboxylic acids is 1. The lowest BCUT2D eigenvalue weighted by molar-refractivity contribution is -0.141. The normalized spacial score (nSPS) is 13.8. The van der Waals surface area contributed by atoms with Gasteiger partial charge in [-0.05, 0) is 25.7 Å². The van der Waals surface area contributed by atoms with Gasteiger partial charge < -0.3 is 15.7 Å². The van der Waals surface area contributed by atoms with Crippen LogP contribution in [0.25, 0.3) is 0 Å². The second-order valence-corrected chi connectivity index (χ2v) is 5.90. The van der Waals surface area contributed by atoms with Crippen LogP contribution in [0.15, 0.2) is 0 Å². The fraction of sp³-hybridized carbons (Fsp3) is 0.867. The van der Waals surface area contributed by atoms with E-state index in [2.05, 4.69) is 24.5 Å². The molecule has 0 rings (SSSR count). The van der Waals surface area contributed by atoms with Gasteiger partial charge >= 0.3 is 12.0 Å². The topological polar surface area (TPSA) is 78.4 Å². The number of carboxylic acid groups (broad SMARTS) is 1. The van der Waals surface area contributed by atoms with Crippen LogP contribution in [0, 0.1) is 11.8 Å². The molecule has 0 aliphatic heterocycles. The zero-order valence-corrected chi connectivity index (χ0v) is 13.2. The molecule has 0 spiro atoms. The zero-order chi connectivity index (χ0) is 15.5. The summed E-state index contributed by atoms with van der Waals surface area (Å²) in [7, 11) is 0. The number of hydrogen-bond acceptors (Lipinski definition) is 2. The Morgan fingerprint density at radius 3 is 2.25 bits per heavy atom. The lowest BCUT2D eigenvalue weighted by Gasteiger charge is -2.17. The molecule has 0 radical (unpaired) electrons. The SMILES string of the molecule is CCCC(CNC(=O)NC(C)CCCC(C)C)C(=O)O. The van der Waals surface area contributed by atoms with Gasteiger partial charge in [0.25, 0.3) is 0 Å². The lowest BCUT2D eigenvalue weighted by Crippen LogP contribution is -2.43. The summed E-state index contributed by atoms with van der Waals surface area (Å²) in [5.74, 6) is -0.666. The third-order valence-electron chi connectivity index (χ3n) is 3.29. The van der Waals surface area contributed by atoms with Crippen LogP contribution in [0.1, 0.15) is 59.8 Å². The Hall–Kier alpha value is -1.26. The van der Waals surface area contributed by atoms with Crippen molar-refractivity contribution in [3.63, 3.8) is 0 Å². The van der Waals surface area contributed by atoms with Gasteiger partial charge in [-0.2, -0.15) is 0 Å². The minimum atomic E-state index is -0.850. The lowest BCUT2D eigenvalue weighted by atomic mass is 10.0. The first kappa shape index (κ1) is 18.7. The van der Waals surface area contributed by atoms with Crippen molar-refractivity contribution < 1.29 is 14.7 Å². The van der Waals surface area contributed by atoms with Gasteiger partial charge in [0.15, 0.2) is 0 Å². The highest BCUT2D eigenvalue weighted by Gasteiger charge is 2.17. The minimum absolute atomic E-state index is 0.114. The molecule has 2 amide bonds. The Morgan fingerprint density at radius 2 is 1.75 bits per heavy atom. The molecule has 0 aromatic rings. The highest BCUT2D eigenvalue weighted by atomic mass is 16.4. The molecule has 0 saturated heterocycles. The number of rotatable bonds is 10. The Morgan fingerprint density at radius 1 is 1.10 bits per heavy atom. The van der Waals surface area contributed by atoms with Crippen molar-refractivity contribution in [3.8, 4) is 0 Å². The Bertz CT molecular complexity index is 293. The number of urea groups is 1. The van der Waals surface area contributed by atoms with Crippen LogP contribution in [0.3, 0.4) is 0 Å². The van der Waals surface area contributed by atoms with E-state index in [0.717, 1.165) is 25.7 Å². The Balaban J connectivity index is 3.88. The molecular formula is C15H30N2O3. The molecule has 0 aliphatic rings. The van der Waals surface area contributed by atoms with Gasteiger partial charge in [0.2, 0.25) is 0 Å². The van der Waals surface area contributed by atoms with Crippen molar-refractivity contribution in [3.05, 3.63) is 0 Å². The van der Waals surface area contributed by atoms with Crippen molar-refractivity contribution in [1.29, 1.82) is 0 Å². The van der Waals surface area contributed by atoms with E-state index in [-0.39, 0.29) is 18.6 Å². The molecule has 0 heterocycles. The monoisotopic (exact) mass is 286 g/mol. The molecule has 0 fully saturated rings. The number of amides is 2. The Kier molecular flexibility index (Phi) is 9.86. The summed E-state index contributed by atoms with van der Waals surface area (Å²) < 4.78 is 0. The smallest absolute Gasteiger partial charge is 0.315 e. The van der Waals surface area contributed by atoms with E-state index in [0.29, 0.717) is 12.3 Å². The predicted molar refractivity (Wildman–Crippen MR) is 80.7 cm³/mol. The molecule has 2 atom stereocenters. The first-order valence-corrected chi connectivity index (χ1v) is 7.63. The molecule has 0 aromatic heterocycles. The van der Waals surface area contributed by atoms with Crippen LogP contribution < -0.4 is 10.6 Å². The molecular weight excluding hydrogens is 256 g/mol. The summed E-state index contributed by atoms with van der Waals surface area (Å²) in [5, 5.41) is 14.5. The van der Waals surface area contributed by atoms with Crippen molar-refractivity contribution in [2.45, 2.75) is 65.8 Å². The van der Waals surface area contributed by atoms with Crippen molar-refractivity contribution in [2.75, 3.05) is 6.54 Å². The molecule has 0 saturated carbocycles. The number of carbonyl (C=O) groups is 2. The third-order valence-corrected chi connectivity index (χ3v) is 3.29. The molecule has 118 valence electrons. The molecule has 0 aromatic carbocycles. The van der Waals surface area contributed by atoms with E-state index in [1.54, 1.807) is 0 Å². The van der Waals surface area contributed by atoms with Crippen LogP contribution in [0.5, 0.6) is 0 Å². The van der Waals surface area contributed by atoms with Crippen molar-refractivity contribution >= 4 is 12.0 Å². The van der Waals surface area contributed by atoms with E-state index in [9.17, 15) is 9.59 Å². The molecule has 20 heavy (non-hydrogen) atoms. The maximum Gasteiger partial charge on any atom is 0.315 e. The van der Waals surface area contributed by atoms with Gasteiger partial charge in [-0.3, -0.25) is 4.79 Å². The largest absolute Gasteiger partial charge is 0.481 e. The molecule has 2 unspecified atom stereocenters. The number of nitrogens with one attached hydrogen (secondary N) is 2. The second kappa shape index (κ2) is 10.5. The minimum Gasteiger partial charge on any atom is -0.481 e. The van der Waals surface area contributed by atoms with Crippen LogP contribution in [-0.4, -0.2) is 29.7 Å². The Labute approximate surface area is 122 Å². The summed E-state index contributed by atoms with van der Waals surface area (Å²) >= 11 is 0. The molecule has 5 nitrogen and oxygen atoms in total. The fourth-order valence-corrected chi connectivity index (χ4v) is 2.06. The average Bonchev–Trinajstić information content (AvgIpc) is 2.33.